The number of aryl methyl sites for hydroxylation is 3. The highest BCUT2D eigenvalue weighted by Crippen LogP contribution is 2.27. The molecular weight excluding hydrogens is 372 g/mol. The topological polar surface area (TPSA) is 73.0 Å². The monoisotopic (exact) mass is 394 g/mol. The first-order valence-corrected chi connectivity index (χ1v) is 9.21. The predicted molar refractivity (Wildman–Crippen MR) is 94.0 cm³/mol. The molecule has 0 aromatic carbocycles. The molecule has 1 N–H and O–H groups in total. The lowest BCUT2D eigenvalue weighted by Crippen LogP contribution is -2.27. The Morgan fingerprint density at radius 1 is 1.46 bits per heavy atom. The van der Waals surface area contributed by atoms with Gasteiger partial charge in [0.25, 0.3) is 5.91 Å². The summed E-state index contributed by atoms with van der Waals surface area (Å²) in [7, 11) is 0. The fourth-order valence-corrected chi connectivity index (χ4v) is 3.45. The summed E-state index contributed by atoms with van der Waals surface area (Å²) in [6, 6.07) is 0. The lowest BCUT2D eigenvalue weighted by Gasteiger charge is -2.16. The first-order chi connectivity index (χ1) is 11.5. The Balaban J connectivity index is 1.53. The minimum atomic E-state index is -0.136. The van der Waals surface area contributed by atoms with Gasteiger partial charge in [-0.1, -0.05) is 12.1 Å². The quantitative estimate of drug-likeness (QED) is 0.790. The second kappa shape index (κ2) is 7.09. The SMILES string of the molecule is Cc1nn(CCCNC(=O)c2noc3c2C[C@@H](C)CC3)c(C)c1Br. The summed E-state index contributed by atoms with van der Waals surface area (Å²) in [5.74, 6) is 1.32. The molecule has 2 heterocycles. The molecular formula is C17H23BrN4O2. The third kappa shape index (κ3) is 3.41. The van der Waals surface area contributed by atoms with Crippen molar-refractivity contribution in [1.29, 1.82) is 0 Å². The molecule has 1 aliphatic carbocycles. The molecule has 6 nitrogen and oxygen atoms in total. The van der Waals surface area contributed by atoms with Gasteiger partial charge >= 0.3 is 0 Å². The molecule has 0 fully saturated rings. The molecule has 0 radical (unpaired) electrons. The number of carbonyl (C=O) groups is 1. The van der Waals surface area contributed by atoms with Crippen molar-refractivity contribution in [2.45, 2.75) is 53.0 Å². The van der Waals surface area contributed by atoms with Crippen LogP contribution in [0.3, 0.4) is 0 Å². The number of nitrogens with one attached hydrogen (secondary N) is 1. The average Bonchev–Trinajstić information content (AvgIpc) is 3.08. The van der Waals surface area contributed by atoms with E-state index in [9.17, 15) is 4.79 Å². The first kappa shape index (κ1) is 17.2. The summed E-state index contributed by atoms with van der Waals surface area (Å²) < 4.78 is 8.35. The third-order valence-corrected chi connectivity index (χ3v) is 5.77. The Kier molecular flexibility index (Phi) is 5.08. The number of hydrogen-bond acceptors (Lipinski definition) is 4. The molecule has 0 bridgehead atoms. The lowest BCUT2D eigenvalue weighted by atomic mass is 9.88. The van der Waals surface area contributed by atoms with Crippen LogP contribution in [-0.4, -0.2) is 27.4 Å². The van der Waals surface area contributed by atoms with Crippen molar-refractivity contribution in [3.05, 3.63) is 32.9 Å². The number of aromatic nitrogens is 3. The van der Waals surface area contributed by atoms with Crippen molar-refractivity contribution in [2.75, 3.05) is 6.54 Å². The van der Waals surface area contributed by atoms with Crippen LogP contribution in [0.15, 0.2) is 9.00 Å². The molecule has 1 aliphatic rings. The van der Waals surface area contributed by atoms with Crippen LogP contribution in [0, 0.1) is 19.8 Å². The number of hydrogen-bond donors (Lipinski definition) is 1. The zero-order chi connectivity index (χ0) is 17.3. The molecule has 0 saturated carbocycles. The largest absolute Gasteiger partial charge is 0.360 e. The summed E-state index contributed by atoms with van der Waals surface area (Å²) in [5.41, 5.74) is 3.55. The maximum absolute atomic E-state index is 12.4. The van der Waals surface area contributed by atoms with E-state index in [0.29, 0.717) is 18.2 Å². The van der Waals surface area contributed by atoms with Crippen molar-refractivity contribution >= 4 is 21.8 Å². The zero-order valence-corrected chi connectivity index (χ0v) is 15.9. The van der Waals surface area contributed by atoms with Gasteiger partial charge in [-0.25, -0.2) is 0 Å². The second-order valence-electron chi connectivity index (χ2n) is 6.60. The molecule has 0 aliphatic heterocycles. The van der Waals surface area contributed by atoms with E-state index in [-0.39, 0.29) is 5.91 Å². The van der Waals surface area contributed by atoms with Crippen molar-refractivity contribution in [3.63, 3.8) is 0 Å². The molecule has 3 rings (SSSR count). The number of fused-ring (bicyclic) bond motifs is 1. The number of amides is 1. The van der Waals surface area contributed by atoms with Crippen LogP contribution < -0.4 is 5.32 Å². The Bertz CT molecular complexity index is 750. The van der Waals surface area contributed by atoms with Gasteiger partial charge in [0.05, 0.1) is 10.2 Å². The van der Waals surface area contributed by atoms with Crippen LogP contribution in [-0.2, 0) is 19.4 Å². The van der Waals surface area contributed by atoms with Crippen LogP contribution >= 0.6 is 15.9 Å². The predicted octanol–water partition coefficient (Wildman–Crippen LogP) is 3.20. The average molecular weight is 395 g/mol. The molecule has 1 amide bonds. The van der Waals surface area contributed by atoms with Gasteiger partial charge in [0.2, 0.25) is 0 Å². The van der Waals surface area contributed by atoms with Crippen molar-refractivity contribution < 1.29 is 9.32 Å². The summed E-state index contributed by atoms with van der Waals surface area (Å²) >= 11 is 3.53. The lowest BCUT2D eigenvalue weighted by molar-refractivity contribution is 0.0942. The molecule has 2 aromatic rings. The summed E-state index contributed by atoms with van der Waals surface area (Å²) in [6.07, 6.45) is 3.67. The normalized spacial score (nSPS) is 16.9. The van der Waals surface area contributed by atoms with Crippen LogP contribution in [0.1, 0.15) is 53.0 Å². The van der Waals surface area contributed by atoms with E-state index in [1.807, 2.05) is 18.5 Å². The van der Waals surface area contributed by atoms with Gasteiger partial charge < -0.3 is 9.84 Å². The molecule has 130 valence electrons. The van der Waals surface area contributed by atoms with Gasteiger partial charge in [0, 0.05) is 30.8 Å². The van der Waals surface area contributed by atoms with Gasteiger partial charge in [0.15, 0.2) is 5.69 Å². The van der Waals surface area contributed by atoms with E-state index in [1.54, 1.807) is 0 Å². The van der Waals surface area contributed by atoms with E-state index < -0.39 is 0 Å². The number of rotatable bonds is 5. The first-order valence-electron chi connectivity index (χ1n) is 8.42. The fourth-order valence-electron chi connectivity index (χ4n) is 3.16. The molecule has 0 unspecified atom stereocenters. The number of carbonyl (C=O) groups excluding carboxylic acids is 1. The van der Waals surface area contributed by atoms with E-state index in [4.69, 9.17) is 4.52 Å². The molecule has 1 atom stereocenters. The molecule has 2 aromatic heterocycles. The molecule has 24 heavy (non-hydrogen) atoms. The van der Waals surface area contributed by atoms with Crippen LogP contribution in [0.2, 0.25) is 0 Å². The Hall–Kier alpha value is -1.63. The Labute approximate surface area is 150 Å². The van der Waals surface area contributed by atoms with E-state index in [0.717, 1.165) is 59.4 Å². The number of nitrogens with zero attached hydrogens (tertiary/aromatic N) is 3. The van der Waals surface area contributed by atoms with Crippen LogP contribution in [0.5, 0.6) is 0 Å². The standard InChI is InChI=1S/C17H23BrN4O2/c1-10-5-6-14-13(9-10)16(21-24-14)17(23)19-7-4-8-22-12(3)15(18)11(2)20-22/h10H,4-9H2,1-3H3,(H,19,23)/t10-/m0/s1. The Morgan fingerprint density at radius 3 is 2.96 bits per heavy atom. The van der Waals surface area contributed by atoms with E-state index in [2.05, 4.69) is 38.4 Å². The summed E-state index contributed by atoms with van der Waals surface area (Å²) in [5, 5.41) is 11.4. The summed E-state index contributed by atoms with van der Waals surface area (Å²) in [4.78, 5) is 12.4. The van der Waals surface area contributed by atoms with Crippen molar-refractivity contribution in [1.82, 2.24) is 20.3 Å². The van der Waals surface area contributed by atoms with E-state index in [1.165, 1.54) is 0 Å². The molecule has 0 spiro atoms. The van der Waals surface area contributed by atoms with Crippen molar-refractivity contribution in [3.8, 4) is 0 Å². The minimum absolute atomic E-state index is 0.136. The minimum Gasteiger partial charge on any atom is -0.360 e. The van der Waals surface area contributed by atoms with Gasteiger partial charge in [0.1, 0.15) is 5.76 Å². The highest BCUT2D eigenvalue weighted by atomic mass is 79.9. The van der Waals surface area contributed by atoms with Gasteiger partial charge in [-0.15, -0.1) is 0 Å². The second-order valence-corrected chi connectivity index (χ2v) is 7.39. The molecule has 0 saturated heterocycles. The maximum atomic E-state index is 12.4. The summed E-state index contributed by atoms with van der Waals surface area (Å²) in [6.45, 7) is 7.57. The Morgan fingerprint density at radius 2 is 2.25 bits per heavy atom. The van der Waals surface area contributed by atoms with Crippen molar-refractivity contribution in [2.24, 2.45) is 5.92 Å². The van der Waals surface area contributed by atoms with Crippen LogP contribution in [0.4, 0.5) is 0 Å². The van der Waals surface area contributed by atoms with Gasteiger partial charge in [-0.3, -0.25) is 9.48 Å². The highest BCUT2D eigenvalue weighted by molar-refractivity contribution is 9.10. The van der Waals surface area contributed by atoms with E-state index >= 15 is 0 Å². The highest BCUT2D eigenvalue weighted by Gasteiger charge is 2.26. The van der Waals surface area contributed by atoms with Gasteiger partial charge in [-0.2, -0.15) is 5.10 Å². The molecule has 7 heteroatoms. The van der Waals surface area contributed by atoms with Crippen LogP contribution in [0.25, 0.3) is 0 Å². The zero-order valence-electron chi connectivity index (χ0n) is 14.4. The maximum Gasteiger partial charge on any atom is 0.273 e. The fraction of sp³-hybridized carbons (Fsp3) is 0.588. The smallest absolute Gasteiger partial charge is 0.273 e. The third-order valence-electron chi connectivity index (χ3n) is 4.63. The number of halogens is 1. The van der Waals surface area contributed by atoms with Gasteiger partial charge in [-0.05, 0) is 55.0 Å².